The Bertz CT molecular complexity index is 783. The number of likely N-dealkylation sites (tertiary alicyclic amines) is 1. The van der Waals surface area contributed by atoms with Gasteiger partial charge in [0.1, 0.15) is 0 Å². The van der Waals surface area contributed by atoms with Crippen molar-refractivity contribution in [2.75, 3.05) is 18.4 Å². The average molecular weight is 357 g/mol. The van der Waals surface area contributed by atoms with Gasteiger partial charge in [0.25, 0.3) is 11.8 Å². The van der Waals surface area contributed by atoms with Crippen molar-refractivity contribution in [2.45, 2.75) is 19.8 Å². The van der Waals surface area contributed by atoms with E-state index in [1.54, 1.807) is 36.4 Å². The van der Waals surface area contributed by atoms with Crippen LogP contribution in [0.15, 0.2) is 48.5 Å². The number of rotatable bonds is 3. The molecule has 3 rings (SSSR count). The summed E-state index contributed by atoms with van der Waals surface area (Å²) in [6.45, 7) is 3.73. The van der Waals surface area contributed by atoms with E-state index in [9.17, 15) is 9.59 Å². The highest BCUT2D eigenvalue weighted by Crippen LogP contribution is 2.23. The second-order valence-electron chi connectivity index (χ2n) is 6.48. The smallest absolute Gasteiger partial charge is 0.255 e. The second kappa shape index (κ2) is 7.70. The summed E-state index contributed by atoms with van der Waals surface area (Å²) in [6, 6.07) is 13.9. The first kappa shape index (κ1) is 17.5. The van der Waals surface area contributed by atoms with E-state index in [4.69, 9.17) is 11.6 Å². The van der Waals surface area contributed by atoms with Gasteiger partial charge in [0.05, 0.1) is 11.3 Å². The summed E-state index contributed by atoms with van der Waals surface area (Å²) in [7, 11) is 0. The number of benzene rings is 2. The largest absolute Gasteiger partial charge is 0.339 e. The van der Waals surface area contributed by atoms with Gasteiger partial charge in [-0.2, -0.15) is 0 Å². The van der Waals surface area contributed by atoms with E-state index in [0.717, 1.165) is 25.9 Å². The van der Waals surface area contributed by atoms with Crippen molar-refractivity contribution >= 4 is 29.1 Å². The molecular weight excluding hydrogens is 336 g/mol. The maximum Gasteiger partial charge on any atom is 0.255 e. The van der Waals surface area contributed by atoms with Crippen LogP contribution in [0.4, 0.5) is 5.69 Å². The fourth-order valence-electron chi connectivity index (χ4n) is 2.98. The monoisotopic (exact) mass is 356 g/mol. The number of hydrogen-bond donors (Lipinski definition) is 1. The van der Waals surface area contributed by atoms with Crippen molar-refractivity contribution in [2.24, 2.45) is 5.92 Å². The molecule has 2 aromatic carbocycles. The average Bonchev–Trinajstić information content (AvgIpc) is 2.62. The van der Waals surface area contributed by atoms with E-state index in [2.05, 4.69) is 12.2 Å². The molecule has 1 saturated heterocycles. The van der Waals surface area contributed by atoms with Crippen LogP contribution in [-0.4, -0.2) is 29.8 Å². The quantitative estimate of drug-likeness (QED) is 0.882. The highest BCUT2D eigenvalue weighted by atomic mass is 35.5. The Morgan fingerprint density at radius 1 is 1.08 bits per heavy atom. The van der Waals surface area contributed by atoms with Crippen LogP contribution in [0.1, 0.15) is 40.5 Å². The Balaban J connectivity index is 1.79. The lowest BCUT2D eigenvalue weighted by molar-refractivity contribution is 0.0698. The molecule has 1 N–H and O–H groups in total. The lowest BCUT2D eigenvalue weighted by atomic mass is 9.98. The number of nitrogens with one attached hydrogen (secondary N) is 1. The molecule has 0 radical (unpaired) electrons. The van der Waals surface area contributed by atoms with Gasteiger partial charge in [0.2, 0.25) is 0 Å². The number of amides is 2. The minimum atomic E-state index is -0.282. The normalized spacial score (nSPS) is 15.0. The van der Waals surface area contributed by atoms with E-state index >= 15 is 0 Å². The van der Waals surface area contributed by atoms with Gasteiger partial charge in [-0.25, -0.2) is 0 Å². The van der Waals surface area contributed by atoms with Crippen molar-refractivity contribution in [3.8, 4) is 0 Å². The van der Waals surface area contributed by atoms with Gasteiger partial charge in [-0.1, -0.05) is 36.7 Å². The molecule has 0 saturated carbocycles. The molecule has 0 atom stereocenters. The zero-order valence-electron chi connectivity index (χ0n) is 14.2. The molecule has 1 heterocycles. The highest BCUT2D eigenvalue weighted by molar-refractivity contribution is 6.31. The molecule has 0 aliphatic carbocycles. The lowest BCUT2D eigenvalue weighted by Crippen LogP contribution is -2.38. The molecule has 2 amide bonds. The van der Waals surface area contributed by atoms with Gasteiger partial charge >= 0.3 is 0 Å². The van der Waals surface area contributed by atoms with Crippen molar-refractivity contribution < 1.29 is 9.59 Å². The Kier molecular flexibility index (Phi) is 5.39. The fourth-order valence-corrected chi connectivity index (χ4v) is 3.18. The number of para-hydroxylation sites is 1. The van der Waals surface area contributed by atoms with E-state index in [-0.39, 0.29) is 11.8 Å². The topological polar surface area (TPSA) is 49.4 Å². The van der Waals surface area contributed by atoms with E-state index < -0.39 is 0 Å². The number of hydrogen-bond acceptors (Lipinski definition) is 2. The molecule has 0 spiro atoms. The first-order chi connectivity index (χ1) is 12.0. The van der Waals surface area contributed by atoms with E-state index in [1.165, 1.54) is 0 Å². The summed E-state index contributed by atoms with van der Waals surface area (Å²) in [4.78, 5) is 27.2. The maximum absolute atomic E-state index is 12.9. The predicted molar refractivity (Wildman–Crippen MR) is 100 cm³/mol. The summed E-state index contributed by atoms with van der Waals surface area (Å²) >= 11 is 5.95. The minimum Gasteiger partial charge on any atom is -0.339 e. The van der Waals surface area contributed by atoms with Gasteiger partial charge in [-0.3, -0.25) is 9.59 Å². The highest BCUT2D eigenvalue weighted by Gasteiger charge is 2.23. The molecule has 1 aliphatic rings. The van der Waals surface area contributed by atoms with Gasteiger partial charge in [-0.15, -0.1) is 0 Å². The molecular formula is C20H21ClN2O2. The summed E-state index contributed by atoms with van der Waals surface area (Å²) in [5, 5.41) is 3.34. The maximum atomic E-state index is 12.9. The minimum absolute atomic E-state index is 0.0334. The third kappa shape index (κ3) is 4.20. The number of halogens is 1. The van der Waals surface area contributed by atoms with Crippen molar-refractivity contribution in [1.29, 1.82) is 0 Å². The second-order valence-corrected chi connectivity index (χ2v) is 6.92. The van der Waals surface area contributed by atoms with Crippen LogP contribution in [-0.2, 0) is 0 Å². The summed E-state index contributed by atoms with van der Waals surface area (Å²) < 4.78 is 0. The third-order valence-electron chi connectivity index (χ3n) is 4.56. The molecule has 2 aromatic rings. The molecule has 0 aromatic heterocycles. The van der Waals surface area contributed by atoms with Crippen molar-refractivity contribution in [1.82, 2.24) is 4.90 Å². The Labute approximate surface area is 152 Å². The van der Waals surface area contributed by atoms with Crippen LogP contribution in [0, 0.1) is 5.92 Å². The van der Waals surface area contributed by atoms with Crippen LogP contribution in [0.2, 0.25) is 5.02 Å². The number of carbonyl (C=O) groups is 2. The van der Waals surface area contributed by atoms with Crippen LogP contribution in [0.5, 0.6) is 0 Å². The molecule has 1 fully saturated rings. The molecule has 1 aliphatic heterocycles. The first-order valence-corrected chi connectivity index (χ1v) is 8.87. The molecule has 5 heteroatoms. The van der Waals surface area contributed by atoms with Gasteiger partial charge in [0.15, 0.2) is 0 Å². The van der Waals surface area contributed by atoms with Crippen molar-refractivity contribution in [3.63, 3.8) is 0 Å². The van der Waals surface area contributed by atoms with Crippen molar-refractivity contribution in [3.05, 3.63) is 64.7 Å². The zero-order chi connectivity index (χ0) is 17.8. The Hall–Kier alpha value is -2.33. The number of piperidine rings is 1. The van der Waals surface area contributed by atoms with Gasteiger partial charge < -0.3 is 10.2 Å². The molecule has 130 valence electrons. The number of nitrogens with zero attached hydrogens (tertiary/aromatic N) is 1. The predicted octanol–water partition coefficient (Wildman–Crippen LogP) is 4.46. The lowest BCUT2D eigenvalue weighted by Gasteiger charge is -2.30. The fraction of sp³-hybridized carbons (Fsp3) is 0.300. The van der Waals surface area contributed by atoms with Crippen LogP contribution in [0.3, 0.4) is 0 Å². The van der Waals surface area contributed by atoms with Crippen LogP contribution in [0.25, 0.3) is 0 Å². The molecule has 25 heavy (non-hydrogen) atoms. The summed E-state index contributed by atoms with van der Waals surface area (Å²) in [5.74, 6) is 0.339. The summed E-state index contributed by atoms with van der Waals surface area (Å²) in [6.07, 6.45) is 2.03. The van der Waals surface area contributed by atoms with Crippen LogP contribution >= 0.6 is 11.6 Å². The van der Waals surface area contributed by atoms with E-state index in [1.807, 2.05) is 17.0 Å². The Morgan fingerprint density at radius 2 is 1.80 bits per heavy atom. The summed E-state index contributed by atoms with van der Waals surface area (Å²) in [5.41, 5.74) is 1.50. The number of carbonyl (C=O) groups excluding carboxylic acids is 2. The first-order valence-electron chi connectivity index (χ1n) is 8.50. The zero-order valence-corrected chi connectivity index (χ0v) is 14.9. The SMILES string of the molecule is CC1CCN(C(=O)c2ccccc2NC(=O)c2cccc(Cl)c2)CC1. The van der Waals surface area contributed by atoms with Crippen LogP contribution < -0.4 is 5.32 Å². The third-order valence-corrected chi connectivity index (χ3v) is 4.80. The molecule has 0 bridgehead atoms. The molecule has 0 unspecified atom stereocenters. The standard InChI is InChI=1S/C20H21ClN2O2/c1-14-9-11-23(12-10-14)20(25)17-7-2-3-8-18(17)22-19(24)15-5-4-6-16(21)13-15/h2-8,13-14H,9-12H2,1H3,(H,22,24). The van der Waals surface area contributed by atoms with Gasteiger partial charge in [-0.05, 0) is 49.1 Å². The van der Waals surface area contributed by atoms with E-state index in [0.29, 0.717) is 27.8 Å². The molecule has 4 nitrogen and oxygen atoms in total. The van der Waals surface area contributed by atoms with Gasteiger partial charge in [0, 0.05) is 23.7 Å². The number of anilines is 1. The Morgan fingerprint density at radius 3 is 2.52 bits per heavy atom.